The van der Waals surface area contributed by atoms with E-state index in [1.807, 2.05) is 0 Å². The maximum atomic E-state index is 6.48. The molecule has 0 amide bonds. The van der Waals surface area contributed by atoms with Crippen LogP contribution in [0.4, 0.5) is 0 Å². The summed E-state index contributed by atoms with van der Waals surface area (Å²) < 4.78 is 0. The van der Waals surface area contributed by atoms with Crippen LogP contribution in [0.25, 0.3) is 0 Å². The van der Waals surface area contributed by atoms with Gasteiger partial charge in [-0.05, 0) is 61.2 Å². The summed E-state index contributed by atoms with van der Waals surface area (Å²) in [7, 11) is 0. The van der Waals surface area contributed by atoms with Crippen LogP contribution in [0.5, 0.6) is 0 Å². The minimum Gasteiger partial charge on any atom is -0.327 e. The summed E-state index contributed by atoms with van der Waals surface area (Å²) in [4.78, 5) is 0. The van der Waals surface area contributed by atoms with Crippen LogP contribution < -0.4 is 5.73 Å². The first-order valence-electron chi connectivity index (χ1n) is 6.39. The van der Waals surface area contributed by atoms with Crippen molar-refractivity contribution in [3.05, 3.63) is 0 Å². The highest BCUT2D eigenvalue weighted by molar-refractivity contribution is 5.11. The largest absolute Gasteiger partial charge is 0.327 e. The molecule has 1 nitrogen and oxygen atoms in total. The van der Waals surface area contributed by atoms with Gasteiger partial charge in [-0.2, -0.15) is 0 Å². The van der Waals surface area contributed by atoms with Gasteiger partial charge in [-0.25, -0.2) is 0 Å². The van der Waals surface area contributed by atoms with E-state index in [-0.39, 0.29) is 0 Å². The average molecular weight is 193 g/mol. The Morgan fingerprint density at radius 1 is 1.07 bits per heavy atom. The fraction of sp³-hybridized carbons (Fsp3) is 1.00. The standard InChI is InChI=1S/C13H23N/c1-8-6-13(7-9(8)2)11-4-3-10(5-11)12(13)14/h8-12H,3-7,14H2,1-2H3/t8?,9?,10?,11-,12+,13?/m0/s1. The average Bonchev–Trinajstić information content (AvgIpc) is 2.76. The van der Waals surface area contributed by atoms with Crippen LogP contribution in [-0.4, -0.2) is 6.04 Å². The Morgan fingerprint density at radius 2 is 1.71 bits per heavy atom. The molecule has 3 aliphatic rings. The molecule has 2 N–H and O–H groups in total. The number of hydrogen-bond acceptors (Lipinski definition) is 1. The summed E-state index contributed by atoms with van der Waals surface area (Å²) in [6.07, 6.45) is 7.22. The Labute approximate surface area is 87.4 Å². The highest BCUT2D eigenvalue weighted by Gasteiger charge is 2.59. The molecule has 0 aromatic rings. The van der Waals surface area contributed by atoms with Crippen molar-refractivity contribution in [1.82, 2.24) is 0 Å². The molecular formula is C13H23N. The van der Waals surface area contributed by atoms with Crippen molar-refractivity contribution >= 4 is 0 Å². The van der Waals surface area contributed by atoms with Gasteiger partial charge in [0.25, 0.3) is 0 Å². The molecule has 3 aliphatic carbocycles. The van der Waals surface area contributed by atoms with E-state index in [4.69, 9.17) is 5.73 Å². The zero-order valence-corrected chi connectivity index (χ0v) is 9.50. The molecule has 3 fully saturated rings. The zero-order chi connectivity index (χ0) is 9.92. The molecule has 1 spiro atoms. The van der Waals surface area contributed by atoms with Crippen LogP contribution in [0, 0.1) is 29.1 Å². The van der Waals surface area contributed by atoms with E-state index < -0.39 is 0 Å². The number of fused-ring (bicyclic) bond motifs is 3. The predicted molar refractivity (Wildman–Crippen MR) is 58.8 cm³/mol. The number of rotatable bonds is 0. The third-order valence-corrected chi connectivity index (χ3v) is 5.83. The lowest BCUT2D eigenvalue weighted by atomic mass is 9.68. The summed E-state index contributed by atoms with van der Waals surface area (Å²) in [6, 6.07) is 0.550. The molecular weight excluding hydrogens is 170 g/mol. The van der Waals surface area contributed by atoms with Gasteiger partial charge in [0.1, 0.15) is 0 Å². The van der Waals surface area contributed by atoms with E-state index in [0.717, 1.165) is 23.7 Å². The highest BCUT2D eigenvalue weighted by Crippen LogP contribution is 2.64. The Hall–Kier alpha value is -0.0400. The summed E-state index contributed by atoms with van der Waals surface area (Å²) in [6.45, 7) is 4.86. The van der Waals surface area contributed by atoms with Crippen LogP contribution in [0.3, 0.4) is 0 Å². The molecule has 14 heavy (non-hydrogen) atoms. The van der Waals surface area contributed by atoms with Crippen LogP contribution in [0.2, 0.25) is 0 Å². The summed E-state index contributed by atoms with van der Waals surface area (Å²) >= 11 is 0. The van der Waals surface area contributed by atoms with Crippen molar-refractivity contribution in [2.45, 2.75) is 52.0 Å². The molecule has 3 unspecified atom stereocenters. The number of hydrogen-bond donors (Lipinski definition) is 1. The first kappa shape index (κ1) is 9.21. The van der Waals surface area contributed by atoms with E-state index in [2.05, 4.69) is 13.8 Å². The fourth-order valence-corrected chi connectivity index (χ4v) is 4.90. The lowest BCUT2D eigenvalue weighted by molar-refractivity contribution is 0.131. The van der Waals surface area contributed by atoms with E-state index in [0.29, 0.717) is 11.5 Å². The Kier molecular flexibility index (Phi) is 1.81. The molecule has 0 aromatic heterocycles. The number of nitrogens with two attached hydrogens (primary N) is 1. The lowest BCUT2D eigenvalue weighted by Gasteiger charge is -2.39. The molecule has 0 aromatic carbocycles. The van der Waals surface area contributed by atoms with Gasteiger partial charge >= 0.3 is 0 Å². The maximum absolute atomic E-state index is 6.48. The molecule has 3 rings (SSSR count). The fourth-order valence-electron chi connectivity index (χ4n) is 4.90. The van der Waals surface area contributed by atoms with Crippen molar-refractivity contribution in [1.29, 1.82) is 0 Å². The van der Waals surface area contributed by atoms with Crippen LogP contribution in [-0.2, 0) is 0 Å². The highest BCUT2D eigenvalue weighted by atomic mass is 14.8. The van der Waals surface area contributed by atoms with Gasteiger partial charge in [0, 0.05) is 6.04 Å². The summed E-state index contributed by atoms with van der Waals surface area (Å²) in [5.41, 5.74) is 7.07. The third kappa shape index (κ3) is 0.946. The molecule has 2 bridgehead atoms. The van der Waals surface area contributed by atoms with Crippen molar-refractivity contribution in [2.24, 2.45) is 34.8 Å². The van der Waals surface area contributed by atoms with Crippen LogP contribution in [0.15, 0.2) is 0 Å². The topological polar surface area (TPSA) is 26.0 Å². The second-order valence-electron chi connectivity index (χ2n) is 6.39. The molecule has 80 valence electrons. The van der Waals surface area contributed by atoms with Crippen LogP contribution >= 0.6 is 0 Å². The van der Waals surface area contributed by atoms with Crippen LogP contribution in [0.1, 0.15) is 46.0 Å². The quantitative estimate of drug-likeness (QED) is 0.629. The second kappa shape index (κ2) is 2.75. The Morgan fingerprint density at radius 3 is 2.21 bits per heavy atom. The first-order chi connectivity index (χ1) is 6.63. The minimum atomic E-state index is 0.550. The zero-order valence-electron chi connectivity index (χ0n) is 9.50. The van der Waals surface area contributed by atoms with Crippen molar-refractivity contribution in [3.8, 4) is 0 Å². The van der Waals surface area contributed by atoms with E-state index in [9.17, 15) is 0 Å². The van der Waals surface area contributed by atoms with Crippen molar-refractivity contribution in [3.63, 3.8) is 0 Å². The summed E-state index contributed by atoms with van der Waals surface area (Å²) in [5.74, 6) is 3.72. The second-order valence-corrected chi connectivity index (χ2v) is 6.39. The van der Waals surface area contributed by atoms with Crippen molar-refractivity contribution in [2.75, 3.05) is 0 Å². The maximum Gasteiger partial charge on any atom is 0.0127 e. The Bertz CT molecular complexity index is 234. The van der Waals surface area contributed by atoms with Gasteiger partial charge in [0.05, 0.1) is 0 Å². The minimum absolute atomic E-state index is 0.550. The van der Waals surface area contributed by atoms with Crippen molar-refractivity contribution < 1.29 is 0 Å². The Balaban J connectivity index is 1.91. The van der Waals surface area contributed by atoms with E-state index in [1.165, 1.54) is 32.1 Å². The predicted octanol–water partition coefficient (Wildman–Crippen LogP) is 2.80. The smallest absolute Gasteiger partial charge is 0.0127 e. The normalized spacial score (nSPS) is 61.5. The summed E-state index contributed by atoms with van der Waals surface area (Å²) in [5, 5.41) is 0. The van der Waals surface area contributed by atoms with E-state index >= 15 is 0 Å². The SMILES string of the molecule is CC1CC2(CC1C)[C@H]1CCC(C1)[C@H]2N. The molecule has 3 saturated carbocycles. The van der Waals surface area contributed by atoms with Gasteiger partial charge < -0.3 is 5.73 Å². The lowest BCUT2D eigenvalue weighted by Crippen LogP contribution is -2.44. The molecule has 1 heteroatoms. The first-order valence-corrected chi connectivity index (χ1v) is 6.39. The van der Waals surface area contributed by atoms with Gasteiger partial charge in [0.15, 0.2) is 0 Å². The monoisotopic (exact) mass is 193 g/mol. The van der Waals surface area contributed by atoms with Gasteiger partial charge in [-0.1, -0.05) is 13.8 Å². The molecule has 0 aliphatic heterocycles. The third-order valence-electron chi connectivity index (χ3n) is 5.83. The van der Waals surface area contributed by atoms with Gasteiger partial charge in [-0.3, -0.25) is 0 Å². The molecule has 0 heterocycles. The van der Waals surface area contributed by atoms with E-state index in [1.54, 1.807) is 0 Å². The van der Waals surface area contributed by atoms with Gasteiger partial charge in [0.2, 0.25) is 0 Å². The molecule has 0 saturated heterocycles. The molecule has 0 radical (unpaired) electrons. The molecule has 5 atom stereocenters. The van der Waals surface area contributed by atoms with Gasteiger partial charge in [-0.15, -0.1) is 0 Å².